The topological polar surface area (TPSA) is 52.0 Å². The number of nitrogens with zero attached hydrogens (tertiary/aromatic N) is 3. The number of nitrogens with one attached hydrogen (secondary N) is 1. The van der Waals surface area contributed by atoms with E-state index in [1.165, 1.54) is 5.56 Å². The molecule has 0 amide bonds. The van der Waals surface area contributed by atoms with E-state index in [-0.39, 0.29) is 0 Å². The molecule has 5 nitrogen and oxygen atoms in total. The molecule has 1 heterocycles. The van der Waals surface area contributed by atoms with E-state index < -0.39 is 0 Å². The highest BCUT2D eigenvalue weighted by atomic mass is 16.5. The summed E-state index contributed by atoms with van der Waals surface area (Å²) in [7, 11) is 5.58. The molecule has 0 saturated carbocycles. The Kier molecular flexibility index (Phi) is 4.52. The number of hydrogen-bond acceptors (Lipinski definition) is 4. The van der Waals surface area contributed by atoms with Crippen molar-refractivity contribution in [3.8, 4) is 5.75 Å². The molecule has 1 aromatic carbocycles. The number of likely N-dealkylation sites (N-methyl/N-ethyl adjacent to an activating group) is 1. The van der Waals surface area contributed by atoms with Gasteiger partial charge in [0.2, 0.25) is 0 Å². The molecule has 1 atom stereocenters. The molecule has 102 valence electrons. The van der Waals surface area contributed by atoms with Crippen LogP contribution < -0.4 is 10.1 Å². The minimum absolute atomic E-state index is 0.344. The number of ether oxygens (including phenoxy) is 1. The number of aromatic nitrogens is 3. The van der Waals surface area contributed by atoms with Crippen LogP contribution in [0, 0.1) is 0 Å². The Morgan fingerprint density at radius 1 is 1.26 bits per heavy atom. The fourth-order valence-electron chi connectivity index (χ4n) is 2.05. The minimum atomic E-state index is 0.344. The molecule has 0 saturated heterocycles. The molecule has 1 unspecified atom stereocenters. The van der Waals surface area contributed by atoms with E-state index in [9.17, 15) is 0 Å². The largest absolute Gasteiger partial charge is 0.497 e. The molecular formula is C14H20N4O. The predicted octanol–water partition coefficient (Wildman–Crippen LogP) is 1.20. The third kappa shape index (κ3) is 3.54. The minimum Gasteiger partial charge on any atom is -0.497 e. The molecule has 0 bridgehead atoms. The number of methoxy groups -OCH3 is 1. The molecular weight excluding hydrogens is 240 g/mol. The molecule has 0 aliphatic rings. The first-order valence-electron chi connectivity index (χ1n) is 6.36. The maximum atomic E-state index is 5.16. The third-order valence-electron chi connectivity index (χ3n) is 3.28. The van der Waals surface area contributed by atoms with Crippen LogP contribution >= 0.6 is 0 Å². The monoisotopic (exact) mass is 260 g/mol. The summed E-state index contributed by atoms with van der Waals surface area (Å²) in [6.07, 6.45) is 3.40. The van der Waals surface area contributed by atoms with Crippen molar-refractivity contribution in [3.63, 3.8) is 0 Å². The summed E-state index contributed by atoms with van der Waals surface area (Å²) in [5, 5.41) is 7.43. The van der Waals surface area contributed by atoms with Crippen LogP contribution in [0.4, 0.5) is 0 Å². The van der Waals surface area contributed by atoms with E-state index in [0.29, 0.717) is 6.04 Å². The van der Waals surface area contributed by atoms with Crippen LogP contribution in [-0.2, 0) is 19.9 Å². The van der Waals surface area contributed by atoms with E-state index in [2.05, 4.69) is 27.5 Å². The van der Waals surface area contributed by atoms with E-state index in [1.54, 1.807) is 13.4 Å². The SMILES string of the molecule is CNC(Cc1ccc(OC)cc1)Cc1ncnn1C. The zero-order valence-corrected chi connectivity index (χ0v) is 11.6. The van der Waals surface area contributed by atoms with Gasteiger partial charge in [-0.1, -0.05) is 12.1 Å². The van der Waals surface area contributed by atoms with Crippen molar-refractivity contribution in [3.05, 3.63) is 42.0 Å². The fourth-order valence-corrected chi connectivity index (χ4v) is 2.05. The molecule has 0 spiro atoms. The molecule has 0 aliphatic heterocycles. The summed E-state index contributed by atoms with van der Waals surface area (Å²) in [5.74, 6) is 1.88. The summed E-state index contributed by atoms with van der Waals surface area (Å²) < 4.78 is 6.98. The number of aryl methyl sites for hydroxylation is 1. The molecule has 0 radical (unpaired) electrons. The Bertz CT molecular complexity index is 506. The van der Waals surface area contributed by atoms with Gasteiger partial charge < -0.3 is 10.1 Å². The molecule has 1 N–H and O–H groups in total. The van der Waals surface area contributed by atoms with Crippen molar-refractivity contribution in [1.29, 1.82) is 0 Å². The van der Waals surface area contributed by atoms with Crippen LogP contribution in [0.25, 0.3) is 0 Å². The average molecular weight is 260 g/mol. The van der Waals surface area contributed by atoms with Crippen LogP contribution in [0.2, 0.25) is 0 Å². The molecule has 19 heavy (non-hydrogen) atoms. The van der Waals surface area contributed by atoms with Gasteiger partial charge in [0.15, 0.2) is 0 Å². The maximum absolute atomic E-state index is 5.16. The predicted molar refractivity (Wildman–Crippen MR) is 74.3 cm³/mol. The van der Waals surface area contributed by atoms with E-state index in [0.717, 1.165) is 24.4 Å². The van der Waals surface area contributed by atoms with Gasteiger partial charge >= 0.3 is 0 Å². The van der Waals surface area contributed by atoms with Crippen molar-refractivity contribution < 1.29 is 4.74 Å². The Morgan fingerprint density at radius 2 is 2.00 bits per heavy atom. The van der Waals surface area contributed by atoms with Crippen LogP contribution in [-0.4, -0.2) is 35.0 Å². The van der Waals surface area contributed by atoms with Crippen LogP contribution in [0.3, 0.4) is 0 Å². The second kappa shape index (κ2) is 6.33. The standard InChI is InChI=1S/C14H20N4O/c1-15-12(9-14-16-10-17-18(14)2)8-11-4-6-13(19-3)7-5-11/h4-7,10,12,15H,8-9H2,1-3H3. The van der Waals surface area contributed by atoms with Crippen LogP contribution in [0.1, 0.15) is 11.4 Å². The summed E-state index contributed by atoms with van der Waals surface area (Å²) in [5.41, 5.74) is 1.28. The number of rotatable bonds is 6. The second-order valence-corrected chi connectivity index (χ2v) is 4.54. The molecule has 5 heteroatoms. The van der Waals surface area contributed by atoms with Crippen molar-refractivity contribution in [2.24, 2.45) is 7.05 Å². The lowest BCUT2D eigenvalue weighted by molar-refractivity contribution is 0.414. The van der Waals surface area contributed by atoms with Gasteiger partial charge in [-0.2, -0.15) is 5.10 Å². The van der Waals surface area contributed by atoms with Gasteiger partial charge in [0.25, 0.3) is 0 Å². The van der Waals surface area contributed by atoms with E-state index in [4.69, 9.17) is 4.74 Å². The summed E-state index contributed by atoms with van der Waals surface area (Å²) in [6.45, 7) is 0. The van der Waals surface area contributed by atoms with Crippen LogP contribution in [0.15, 0.2) is 30.6 Å². The summed E-state index contributed by atoms with van der Waals surface area (Å²) >= 11 is 0. The van der Waals surface area contributed by atoms with Gasteiger partial charge in [0.05, 0.1) is 7.11 Å². The van der Waals surface area contributed by atoms with Gasteiger partial charge in [-0.15, -0.1) is 0 Å². The highest BCUT2D eigenvalue weighted by Crippen LogP contribution is 2.13. The molecule has 1 aromatic heterocycles. The lowest BCUT2D eigenvalue weighted by atomic mass is 10.0. The molecule has 0 fully saturated rings. The highest BCUT2D eigenvalue weighted by Gasteiger charge is 2.11. The van der Waals surface area contributed by atoms with Crippen molar-refractivity contribution in [2.45, 2.75) is 18.9 Å². The van der Waals surface area contributed by atoms with Gasteiger partial charge in [0.1, 0.15) is 17.9 Å². The van der Waals surface area contributed by atoms with E-state index >= 15 is 0 Å². The third-order valence-corrected chi connectivity index (χ3v) is 3.28. The highest BCUT2D eigenvalue weighted by molar-refractivity contribution is 5.27. The molecule has 2 aromatic rings. The molecule has 2 rings (SSSR count). The van der Waals surface area contributed by atoms with Gasteiger partial charge in [-0.3, -0.25) is 4.68 Å². The lowest BCUT2D eigenvalue weighted by Crippen LogP contribution is -2.31. The Hall–Kier alpha value is -1.88. The zero-order valence-electron chi connectivity index (χ0n) is 11.6. The van der Waals surface area contributed by atoms with Gasteiger partial charge in [-0.25, -0.2) is 4.98 Å². The zero-order chi connectivity index (χ0) is 13.7. The number of hydrogen-bond donors (Lipinski definition) is 1. The first-order valence-corrected chi connectivity index (χ1v) is 6.36. The number of benzene rings is 1. The second-order valence-electron chi connectivity index (χ2n) is 4.54. The maximum Gasteiger partial charge on any atom is 0.138 e. The first kappa shape index (κ1) is 13.5. The quantitative estimate of drug-likeness (QED) is 0.848. The van der Waals surface area contributed by atoms with Crippen molar-refractivity contribution in [2.75, 3.05) is 14.2 Å². The van der Waals surface area contributed by atoms with Crippen LogP contribution in [0.5, 0.6) is 5.75 Å². The average Bonchev–Trinajstić information content (AvgIpc) is 2.84. The van der Waals surface area contributed by atoms with Gasteiger partial charge in [0, 0.05) is 19.5 Å². The van der Waals surface area contributed by atoms with Crippen molar-refractivity contribution >= 4 is 0 Å². The Labute approximate surface area is 113 Å². The Morgan fingerprint density at radius 3 is 2.53 bits per heavy atom. The lowest BCUT2D eigenvalue weighted by Gasteiger charge is -2.15. The van der Waals surface area contributed by atoms with E-state index in [1.807, 2.05) is 30.9 Å². The Balaban J connectivity index is 2.00. The van der Waals surface area contributed by atoms with Gasteiger partial charge in [-0.05, 0) is 31.2 Å². The fraction of sp³-hybridized carbons (Fsp3) is 0.429. The first-order chi connectivity index (χ1) is 9.22. The normalized spacial score (nSPS) is 12.4. The smallest absolute Gasteiger partial charge is 0.138 e. The molecule has 0 aliphatic carbocycles. The van der Waals surface area contributed by atoms with Crippen molar-refractivity contribution in [1.82, 2.24) is 20.1 Å². The summed E-state index contributed by atoms with van der Waals surface area (Å²) in [6, 6.07) is 8.52. The summed E-state index contributed by atoms with van der Waals surface area (Å²) in [4.78, 5) is 4.26.